The molecule has 1 nitrogen and oxygen atoms in total. The Balaban J connectivity index is 3.04. The molecule has 4 heteroatoms. The molecule has 2 aromatic rings. The summed E-state index contributed by atoms with van der Waals surface area (Å²) in [5.74, 6) is -0.339. The molecular formula is C11H8BrClFN. The van der Waals surface area contributed by atoms with E-state index in [1.165, 1.54) is 6.07 Å². The van der Waals surface area contributed by atoms with Crippen LogP contribution < -0.4 is 0 Å². The van der Waals surface area contributed by atoms with Crippen LogP contribution in [0.1, 0.15) is 11.3 Å². The number of hydrogen-bond donors (Lipinski definition) is 0. The Morgan fingerprint density at radius 3 is 2.67 bits per heavy atom. The van der Waals surface area contributed by atoms with Crippen LogP contribution in [0.15, 0.2) is 16.6 Å². The molecule has 1 aromatic carbocycles. The third-order valence-corrected chi connectivity index (χ3v) is 3.56. The highest BCUT2D eigenvalue weighted by atomic mass is 79.9. The van der Waals surface area contributed by atoms with Crippen molar-refractivity contribution in [3.05, 3.63) is 38.7 Å². The number of halogens is 3. The van der Waals surface area contributed by atoms with Crippen LogP contribution in [-0.2, 0) is 0 Å². The maximum atomic E-state index is 13.6. The molecular weight excluding hydrogens is 280 g/mol. The second-order valence-electron chi connectivity index (χ2n) is 3.39. The first kappa shape index (κ1) is 10.8. The third kappa shape index (κ3) is 1.64. The molecule has 0 aliphatic heterocycles. The normalized spacial score (nSPS) is 11.0. The molecule has 0 radical (unpaired) electrons. The monoisotopic (exact) mass is 287 g/mol. The van der Waals surface area contributed by atoms with E-state index in [1.54, 1.807) is 6.07 Å². The van der Waals surface area contributed by atoms with Crippen molar-refractivity contribution in [2.24, 2.45) is 0 Å². The van der Waals surface area contributed by atoms with Gasteiger partial charge >= 0.3 is 0 Å². The van der Waals surface area contributed by atoms with Crippen LogP contribution >= 0.6 is 27.5 Å². The van der Waals surface area contributed by atoms with Crippen LogP contribution in [0.3, 0.4) is 0 Å². The highest BCUT2D eigenvalue weighted by Crippen LogP contribution is 2.33. The van der Waals surface area contributed by atoms with Crippen molar-refractivity contribution in [1.29, 1.82) is 0 Å². The van der Waals surface area contributed by atoms with Crippen LogP contribution in [0.25, 0.3) is 10.9 Å². The molecule has 2 rings (SSSR count). The van der Waals surface area contributed by atoms with E-state index in [9.17, 15) is 4.39 Å². The van der Waals surface area contributed by atoms with E-state index in [0.717, 1.165) is 15.7 Å². The summed E-state index contributed by atoms with van der Waals surface area (Å²) in [7, 11) is 0. The molecule has 78 valence electrons. The second kappa shape index (κ2) is 3.72. The number of benzene rings is 1. The number of aryl methyl sites for hydroxylation is 1. The van der Waals surface area contributed by atoms with E-state index in [0.29, 0.717) is 15.9 Å². The minimum atomic E-state index is -0.339. The molecule has 0 amide bonds. The lowest BCUT2D eigenvalue weighted by molar-refractivity contribution is 0.639. The van der Waals surface area contributed by atoms with Gasteiger partial charge < -0.3 is 0 Å². The average Bonchev–Trinajstić information content (AvgIpc) is 2.20. The molecule has 15 heavy (non-hydrogen) atoms. The van der Waals surface area contributed by atoms with Gasteiger partial charge in [0.15, 0.2) is 0 Å². The number of fused-ring (bicyclic) bond motifs is 1. The molecule has 0 bridgehead atoms. The number of aromatic nitrogens is 1. The van der Waals surface area contributed by atoms with E-state index < -0.39 is 0 Å². The topological polar surface area (TPSA) is 12.9 Å². The van der Waals surface area contributed by atoms with E-state index in [2.05, 4.69) is 20.9 Å². The van der Waals surface area contributed by atoms with Gasteiger partial charge in [0.05, 0.1) is 15.9 Å². The first-order chi connectivity index (χ1) is 7.02. The van der Waals surface area contributed by atoms with Crippen molar-refractivity contribution < 1.29 is 4.39 Å². The summed E-state index contributed by atoms with van der Waals surface area (Å²) in [6.07, 6.45) is 0. The molecule has 0 aliphatic carbocycles. The zero-order valence-electron chi connectivity index (χ0n) is 8.24. The van der Waals surface area contributed by atoms with Crippen molar-refractivity contribution in [3.8, 4) is 0 Å². The van der Waals surface area contributed by atoms with Crippen LogP contribution in [-0.4, -0.2) is 4.98 Å². The fourth-order valence-corrected chi connectivity index (χ4v) is 2.19. The summed E-state index contributed by atoms with van der Waals surface area (Å²) in [6, 6.07) is 3.02. The maximum Gasteiger partial charge on any atom is 0.134 e. The highest BCUT2D eigenvalue weighted by Gasteiger charge is 2.13. The summed E-state index contributed by atoms with van der Waals surface area (Å²) in [5.41, 5.74) is 2.21. The first-order valence-corrected chi connectivity index (χ1v) is 5.60. The molecule has 0 N–H and O–H groups in total. The summed E-state index contributed by atoms with van der Waals surface area (Å²) in [6.45, 7) is 3.70. The Bertz CT molecular complexity index is 554. The van der Waals surface area contributed by atoms with Crippen molar-refractivity contribution in [2.75, 3.05) is 0 Å². The standard InChI is InChI=1S/C11H8BrClFN/c1-5-6(2)15-11-7(12)3-4-8(14)9(11)10(5)13/h3-4H,1-2H3. The van der Waals surface area contributed by atoms with Crippen molar-refractivity contribution >= 4 is 38.4 Å². The first-order valence-electron chi connectivity index (χ1n) is 4.42. The minimum Gasteiger partial charge on any atom is -0.251 e. The summed E-state index contributed by atoms with van der Waals surface area (Å²) in [5, 5.41) is 0.824. The Labute approximate surface area is 100 Å². The van der Waals surface area contributed by atoms with Crippen molar-refractivity contribution in [2.45, 2.75) is 13.8 Å². The minimum absolute atomic E-state index is 0.339. The van der Waals surface area contributed by atoms with E-state index in [-0.39, 0.29) is 5.82 Å². The summed E-state index contributed by atoms with van der Waals surface area (Å²) < 4.78 is 14.3. The Morgan fingerprint density at radius 2 is 2.00 bits per heavy atom. The van der Waals surface area contributed by atoms with Gasteiger partial charge in [0.2, 0.25) is 0 Å². The highest BCUT2D eigenvalue weighted by molar-refractivity contribution is 9.10. The molecule has 1 heterocycles. The van der Waals surface area contributed by atoms with Gasteiger partial charge in [-0.3, -0.25) is 4.98 Å². The van der Waals surface area contributed by atoms with Crippen LogP contribution in [0.4, 0.5) is 4.39 Å². The van der Waals surface area contributed by atoms with Gasteiger partial charge in [-0.25, -0.2) is 4.39 Å². The zero-order chi connectivity index (χ0) is 11.2. The van der Waals surface area contributed by atoms with Gasteiger partial charge in [0.25, 0.3) is 0 Å². The molecule has 1 aromatic heterocycles. The Kier molecular flexibility index (Phi) is 2.69. The lowest BCUT2D eigenvalue weighted by atomic mass is 10.1. The quantitative estimate of drug-likeness (QED) is 0.700. The molecule has 0 unspecified atom stereocenters. The van der Waals surface area contributed by atoms with Gasteiger partial charge in [-0.05, 0) is 47.5 Å². The van der Waals surface area contributed by atoms with Gasteiger partial charge in [0, 0.05) is 10.2 Å². The SMILES string of the molecule is Cc1nc2c(Br)ccc(F)c2c(Cl)c1C. The van der Waals surface area contributed by atoms with E-state index >= 15 is 0 Å². The van der Waals surface area contributed by atoms with E-state index in [1.807, 2.05) is 13.8 Å². The molecule has 0 spiro atoms. The van der Waals surface area contributed by atoms with Crippen molar-refractivity contribution in [3.63, 3.8) is 0 Å². The predicted octanol–water partition coefficient (Wildman–Crippen LogP) is 4.41. The van der Waals surface area contributed by atoms with Crippen LogP contribution in [0, 0.1) is 19.7 Å². The smallest absolute Gasteiger partial charge is 0.134 e. The van der Waals surface area contributed by atoms with Gasteiger partial charge in [-0.2, -0.15) is 0 Å². The summed E-state index contributed by atoms with van der Waals surface area (Å²) >= 11 is 9.44. The lowest BCUT2D eigenvalue weighted by Crippen LogP contribution is -1.93. The number of pyridine rings is 1. The number of rotatable bonds is 0. The summed E-state index contributed by atoms with van der Waals surface area (Å²) in [4.78, 5) is 4.33. The maximum absolute atomic E-state index is 13.6. The van der Waals surface area contributed by atoms with Crippen LogP contribution in [0.2, 0.25) is 5.02 Å². The number of nitrogens with zero attached hydrogens (tertiary/aromatic N) is 1. The average molecular weight is 289 g/mol. The second-order valence-corrected chi connectivity index (χ2v) is 4.62. The van der Waals surface area contributed by atoms with E-state index in [4.69, 9.17) is 11.6 Å². The Hall–Kier alpha value is -0.670. The third-order valence-electron chi connectivity index (χ3n) is 2.45. The molecule has 0 aliphatic rings. The lowest BCUT2D eigenvalue weighted by Gasteiger charge is -2.08. The number of hydrogen-bond acceptors (Lipinski definition) is 1. The van der Waals surface area contributed by atoms with Crippen molar-refractivity contribution in [1.82, 2.24) is 4.98 Å². The van der Waals surface area contributed by atoms with Crippen LogP contribution in [0.5, 0.6) is 0 Å². The molecule has 0 fully saturated rings. The fourth-order valence-electron chi connectivity index (χ4n) is 1.46. The largest absolute Gasteiger partial charge is 0.251 e. The zero-order valence-corrected chi connectivity index (χ0v) is 10.6. The van der Waals surface area contributed by atoms with Gasteiger partial charge in [-0.1, -0.05) is 11.6 Å². The fraction of sp³-hybridized carbons (Fsp3) is 0.182. The predicted molar refractivity (Wildman–Crippen MR) is 63.9 cm³/mol. The van der Waals surface area contributed by atoms with Gasteiger partial charge in [-0.15, -0.1) is 0 Å². The molecule has 0 atom stereocenters. The van der Waals surface area contributed by atoms with Gasteiger partial charge in [0.1, 0.15) is 5.82 Å². The molecule has 0 saturated heterocycles. The Morgan fingerprint density at radius 1 is 1.33 bits per heavy atom. The molecule has 0 saturated carbocycles.